The number of hydrogen-bond donors (Lipinski definition) is 0. The SMILES string of the molecule is CC(C)(c1cc(-c2cccc(/C=C(\c3ccc(S(C)(=O)=O)cc3)c3nccs3)c2)c2ncccc2c1)S(C)(=O)=O. The number of rotatable bonds is 7. The van der Waals surface area contributed by atoms with E-state index in [9.17, 15) is 16.8 Å². The van der Waals surface area contributed by atoms with E-state index < -0.39 is 24.4 Å². The van der Waals surface area contributed by atoms with Crippen LogP contribution in [0.15, 0.2) is 95.5 Å². The molecule has 5 aromatic rings. The number of aromatic nitrogens is 2. The van der Waals surface area contributed by atoms with Crippen LogP contribution in [-0.4, -0.2) is 39.3 Å². The number of thiazole rings is 1. The number of fused-ring (bicyclic) bond motifs is 1. The molecule has 3 aromatic carbocycles. The topological polar surface area (TPSA) is 94.1 Å². The lowest BCUT2D eigenvalue weighted by atomic mass is 9.92. The van der Waals surface area contributed by atoms with Gasteiger partial charge in [-0.15, -0.1) is 11.3 Å². The van der Waals surface area contributed by atoms with Crippen molar-refractivity contribution in [3.8, 4) is 11.1 Å². The van der Waals surface area contributed by atoms with Crippen molar-refractivity contribution in [2.75, 3.05) is 12.5 Å². The van der Waals surface area contributed by atoms with Gasteiger partial charge in [0, 0.05) is 46.8 Å². The molecule has 0 unspecified atom stereocenters. The van der Waals surface area contributed by atoms with Crippen molar-refractivity contribution >= 4 is 53.6 Å². The molecule has 0 saturated heterocycles. The maximum atomic E-state index is 12.7. The fourth-order valence-corrected chi connectivity index (χ4v) is 6.30. The first-order chi connectivity index (χ1) is 18.8. The monoisotopic (exact) mass is 588 g/mol. The summed E-state index contributed by atoms with van der Waals surface area (Å²) in [5, 5.41) is 3.57. The average Bonchev–Trinajstić information content (AvgIpc) is 3.45. The van der Waals surface area contributed by atoms with Gasteiger partial charge in [-0.25, -0.2) is 21.8 Å². The second-order valence-electron chi connectivity index (χ2n) is 10.2. The third-order valence-electron chi connectivity index (χ3n) is 7.09. The van der Waals surface area contributed by atoms with E-state index in [0.717, 1.165) is 43.7 Å². The number of benzene rings is 3. The quantitative estimate of drug-likeness (QED) is 0.198. The van der Waals surface area contributed by atoms with Crippen LogP contribution < -0.4 is 0 Å². The maximum Gasteiger partial charge on any atom is 0.175 e. The van der Waals surface area contributed by atoms with E-state index in [1.54, 1.807) is 50.5 Å². The van der Waals surface area contributed by atoms with Gasteiger partial charge in [0.1, 0.15) is 5.01 Å². The van der Waals surface area contributed by atoms with Crippen LogP contribution in [0.25, 0.3) is 33.7 Å². The molecule has 0 aliphatic heterocycles. The summed E-state index contributed by atoms with van der Waals surface area (Å²) in [5.41, 5.74) is 5.84. The van der Waals surface area contributed by atoms with Crippen molar-refractivity contribution in [1.29, 1.82) is 0 Å². The van der Waals surface area contributed by atoms with Gasteiger partial charge < -0.3 is 0 Å². The van der Waals surface area contributed by atoms with Gasteiger partial charge in [-0.2, -0.15) is 0 Å². The Bertz CT molecular complexity index is 1960. The molecule has 2 heterocycles. The minimum absolute atomic E-state index is 0.257. The van der Waals surface area contributed by atoms with Gasteiger partial charge in [0.15, 0.2) is 19.7 Å². The highest BCUT2D eigenvalue weighted by atomic mass is 32.2. The maximum absolute atomic E-state index is 12.7. The second kappa shape index (κ2) is 10.4. The highest BCUT2D eigenvalue weighted by molar-refractivity contribution is 7.91. The summed E-state index contributed by atoms with van der Waals surface area (Å²) in [5.74, 6) is 0. The predicted molar refractivity (Wildman–Crippen MR) is 164 cm³/mol. The minimum atomic E-state index is -3.39. The van der Waals surface area contributed by atoms with Gasteiger partial charge in [-0.05, 0) is 78.6 Å². The Kier molecular flexibility index (Phi) is 7.24. The van der Waals surface area contributed by atoms with Crippen molar-refractivity contribution in [1.82, 2.24) is 9.97 Å². The molecule has 0 N–H and O–H groups in total. The summed E-state index contributed by atoms with van der Waals surface area (Å²) in [6.07, 6.45) is 7.95. The Hall–Kier alpha value is -3.66. The summed E-state index contributed by atoms with van der Waals surface area (Å²) in [6, 6.07) is 22.4. The van der Waals surface area contributed by atoms with Crippen LogP contribution in [0.3, 0.4) is 0 Å². The van der Waals surface area contributed by atoms with E-state index >= 15 is 0 Å². The van der Waals surface area contributed by atoms with Crippen molar-refractivity contribution < 1.29 is 16.8 Å². The largest absolute Gasteiger partial charge is 0.256 e. The standard InChI is InChI=1S/C31H28N2O4S3/c1-31(2,40(4,36)37)25-19-24-9-6-14-32-29(24)27(20-25)23-8-5-7-21(17-23)18-28(30-33-15-16-38-30)22-10-12-26(13-11-22)39(3,34)35/h5-20H,1-4H3/b28-18+. The summed E-state index contributed by atoms with van der Waals surface area (Å²) in [6.45, 7) is 3.44. The molecule has 0 bridgehead atoms. The predicted octanol–water partition coefficient (Wildman–Crippen LogP) is 6.63. The Morgan fingerprint density at radius 1 is 0.850 bits per heavy atom. The molecule has 0 amide bonds. The number of sulfone groups is 2. The van der Waals surface area contributed by atoms with E-state index in [-0.39, 0.29) is 4.90 Å². The van der Waals surface area contributed by atoms with Gasteiger partial charge in [-0.3, -0.25) is 4.98 Å². The molecule has 0 aliphatic carbocycles. The van der Waals surface area contributed by atoms with Gasteiger partial charge in [0.2, 0.25) is 0 Å². The molecule has 6 nitrogen and oxygen atoms in total. The van der Waals surface area contributed by atoms with Crippen LogP contribution in [-0.2, 0) is 24.4 Å². The molecule has 9 heteroatoms. The first-order valence-electron chi connectivity index (χ1n) is 12.5. The third-order valence-corrected chi connectivity index (χ3v) is 11.1. The molecule has 2 aromatic heterocycles. The molecule has 40 heavy (non-hydrogen) atoms. The zero-order valence-corrected chi connectivity index (χ0v) is 24.9. The number of nitrogens with zero attached hydrogens (tertiary/aromatic N) is 2. The van der Waals surface area contributed by atoms with Crippen LogP contribution in [0.2, 0.25) is 0 Å². The van der Waals surface area contributed by atoms with Crippen molar-refractivity contribution in [3.05, 3.63) is 112 Å². The molecule has 0 fully saturated rings. The Balaban J connectivity index is 1.67. The normalized spacial score (nSPS) is 13.1. The molecular formula is C31H28N2O4S3. The zero-order valence-electron chi connectivity index (χ0n) is 22.5. The fourth-order valence-electron chi connectivity index (χ4n) is 4.44. The van der Waals surface area contributed by atoms with Crippen molar-refractivity contribution in [3.63, 3.8) is 0 Å². The molecule has 0 spiro atoms. The highest BCUT2D eigenvalue weighted by Gasteiger charge is 2.33. The average molecular weight is 589 g/mol. The van der Waals surface area contributed by atoms with Gasteiger partial charge in [0.25, 0.3) is 0 Å². The summed E-state index contributed by atoms with van der Waals surface area (Å²) >= 11 is 1.50. The molecule has 0 aliphatic rings. The summed E-state index contributed by atoms with van der Waals surface area (Å²) in [7, 11) is -6.70. The lowest BCUT2D eigenvalue weighted by Gasteiger charge is -2.24. The summed E-state index contributed by atoms with van der Waals surface area (Å²) < 4.78 is 48.2. The van der Waals surface area contributed by atoms with Gasteiger partial charge >= 0.3 is 0 Å². The van der Waals surface area contributed by atoms with E-state index in [2.05, 4.69) is 9.97 Å². The van der Waals surface area contributed by atoms with E-state index in [1.165, 1.54) is 23.8 Å². The Labute approximate surface area is 238 Å². The minimum Gasteiger partial charge on any atom is -0.256 e. The smallest absolute Gasteiger partial charge is 0.175 e. The third kappa shape index (κ3) is 5.50. The van der Waals surface area contributed by atoms with Crippen LogP contribution in [0.5, 0.6) is 0 Å². The summed E-state index contributed by atoms with van der Waals surface area (Å²) in [4.78, 5) is 9.39. The lowest BCUT2D eigenvalue weighted by Crippen LogP contribution is -2.28. The zero-order chi connectivity index (χ0) is 28.7. The fraction of sp³-hybridized carbons (Fsp3) is 0.161. The Morgan fingerprint density at radius 2 is 1.60 bits per heavy atom. The molecule has 5 rings (SSSR count). The van der Waals surface area contributed by atoms with Gasteiger partial charge in [-0.1, -0.05) is 36.4 Å². The molecular weight excluding hydrogens is 561 g/mol. The van der Waals surface area contributed by atoms with E-state index in [0.29, 0.717) is 5.56 Å². The molecule has 204 valence electrons. The first-order valence-corrected chi connectivity index (χ1v) is 17.1. The molecule has 0 saturated carbocycles. The van der Waals surface area contributed by atoms with Crippen LogP contribution in [0, 0.1) is 0 Å². The number of pyridine rings is 1. The van der Waals surface area contributed by atoms with E-state index in [4.69, 9.17) is 0 Å². The van der Waals surface area contributed by atoms with Crippen molar-refractivity contribution in [2.24, 2.45) is 0 Å². The van der Waals surface area contributed by atoms with Crippen LogP contribution in [0.4, 0.5) is 0 Å². The number of hydrogen-bond acceptors (Lipinski definition) is 7. The van der Waals surface area contributed by atoms with E-state index in [1.807, 2.05) is 60.0 Å². The molecule has 0 radical (unpaired) electrons. The molecule has 0 atom stereocenters. The highest BCUT2D eigenvalue weighted by Crippen LogP contribution is 2.37. The lowest BCUT2D eigenvalue weighted by molar-refractivity contribution is 0.561. The Morgan fingerprint density at radius 3 is 2.25 bits per heavy atom. The van der Waals surface area contributed by atoms with Crippen LogP contribution >= 0.6 is 11.3 Å². The van der Waals surface area contributed by atoms with Gasteiger partial charge in [0.05, 0.1) is 15.2 Å². The van der Waals surface area contributed by atoms with Crippen molar-refractivity contribution in [2.45, 2.75) is 23.5 Å². The second-order valence-corrected chi connectivity index (χ2v) is 15.7. The first kappa shape index (κ1) is 27.9. The van der Waals surface area contributed by atoms with Crippen LogP contribution in [0.1, 0.15) is 35.5 Å².